The Morgan fingerprint density at radius 3 is 2.50 bits per heavy atom. The van der Waals surface area contributed by atoms with Crippen LogP contribution in [0.5, 0.6) is 5.75 Å². The molecule has 0 aliphatic rings. The molecule has 90 valence electrons. The Morgan fingerprint density at radius 2 is 1.94 bits per heavy atom. The van der Waals surface area contributed by atoms with Crippen LogP contribution in [0.15, 0.2) is 18.2 Å². The molecule has 16 heavy (non-hydrogen) atoms. The average Bonchev–Trinajstić information content (AvgIpc) is 2.30. The fraction of sp³-hybridized carbons (Fsp3) is 0.538. The smallest absolute Gasteiger partial charge is 0.123 e. The Balaban J connectivity index is 2.70. The maximum absolute atomic E-state index is 10.1. The molecular formula is C13H19ClO2. The average molecular weight is 243 g/mol. The van der Waals surface area contributed by atoms with Crippen LogP contribution in [0.3, 0.4) is 0 Å². The van der Waals surface area contributed by atoms with Gasteiger partial charge in [0.2, 0.25) is 0 Å². The van der Waals surface area contributed by atoms with Gasteiger partial charge in [-0.2, -0.15) is 0 Å². The molecule has 0 fully saturated rings. The molecule has 3 heteroatoms. The molecule has 1 aromatic carbocycles. The summed E-state index contributed by atoms with van der Waals surface area (Å²) in [5.41, 5.74) is 0.285. The van der Waals surface area contributed by atoms with Crippen molar-refractivity contribution in [3.8, 4) is 5.75 Å². The molecule has 0 aromatic heterocycles. The largest absolute Gasteiger partial charge is 0.490 e. The zero-order valence-corrected chi connectivity index (χ0v) is 10.8. The van der Waals surface area contributed by atoms with Crippen molar-refractivity contribution in [2.45, 2.75) is 39.2 Å². The van der Waals surface area contributed by atoms with Gasteiger partial charge >= 0.3 is 0 Å². The normalized spacial score (nSPS) is 11.6. The summed E-state index contributed by atoms with van der Waals surface area (Å²) < 4.78 is 5.63. The molecule has 0 aliphatic carbocycles. The molecule has 1 rings (SSSR count). The lowest BCUT2D eigenvalue weighted by Crippen LogP contribution is -2.34. The number of aryl methyl sites for hydroxylation is 1. The van der Waals surface area contributed by atoms with E-state index in [4.69, 9.17) is 16.3 Å². The van der Waals surface area contributed by atoms with Crippen molar-refractivity contribution in [3.05, 3.63) is 28.8 Å². The quantitative estimate of drug-likeness (QED) is 0.855. The molecule has 1 aromatic rings. The van der Waals surface area contributed by atoms with Gasteiger partial charge in [0.15, 0.2) is 0 Å². The van der Waals surface area contributed by atoms with Crippen molar-refractivity contribution in [3.63, 3.8) is 0 Å². The molecule has 0 radical (unpaired) electrons. The molecule has 2 nitrogen and oxygen atoms in total. The number of rotatable bonds is 5. The van der Waals surface area contributed by atoms with Crippen molar-refractivity contribution in [2.75, 3.05) is 6.61 Å². The first-order valence-corrected chi connectivity index (χ1v) is 6.00. The Morgan fingerprint density at radius 1 is 1.31 bits per heavy atom. The summed E-state index contributed by atoms with van der Waals surface area (Å²) in [6.07, 6.45) is 1.37. The van der Waals surface area contributed by atoms with Crippen LogP contribution < -0.4 is 4.74 Å². The summed E-state index contributed by atoms with van der Waals surface area (Å²) in [6.45, 7) is 6.18. The van der Waals surface area contributed by atoms with Gasteiger partial charge in [0.25, 0.3) is 0 Å². The molecule has 0 atom stereocenters. The number of hydrogen-bond acceptors (Lipinski definition) is 2. The van der Waals surface area contributed by atoms with Gasteiger partial charge in [-0.15, -0.1) is 0 Å². The Labute approximate surface area is 102 Å². The van der Waals surface area contributed by atoms with Crippen LogP contribution in [-0.2, 0) is 0 Å². The van der Waals surface area contributed by atoms with Crippen molar-refractivity contribution >= 4 is 11.6 Å². The predicted molar refractivity (Wildman–Crippen MR) is 67.2 cm³/mol. The topological polar surface area (TPSA) is 29.5 Å². The second-order valence-electron chi connectivity index (χ2n) is 4.13. The lowest BCUT2D eigenvalue weighted by atomic mass is 9.99. The standard InChI is InChI=1S/C13H19ClO2/c1-4-13(15,5-2)9-16-12-8-11(14)7-6-10(12)3/h6-8,15H,4-5,9H2,1-3H3. The third kappa shape index (κ3) is 3.39. The molecule has 0 amide bonds. The molecule has 0 unspecified atom stereocenters. The SMILES string of the molecule is CCC(O)(CC)COc1cc(Cl)ccc1C. The monoisotopic (exact) mass is 242 g/mol. The molecule has 0 aliphatic heterocycles. The first kappa shape index (κ1) is 13.3. The summed E-state index contributed by atoms with van der Waals surface area (Å²) >= 11 is 5.89. The molecule has 0 bridgehead atoms. The highest BCUT2D eigenvalue weighted by atomic mass is 35.5. The minimum absolute atomic E-state index is 0.307. The first-order chi connectivity index (χ1) is 7.50. The van der Waals surface area contributed by atoms with Crippen molar-refractivity contribution < 1.29 is 9.84 Å². The first-order valence-electron chi connectivity index (χ1n) is 5.62. The molecule has 0 saturated carbocycles. The van der Waals surface area contributed by atoms with Gasteiger partial charge in [-0.1, -0.05) is 31.5 Å². The van der Waals surface area contributed by atoms with E-state index < -0.39 is 5.60 Å². The van der Waals surface area contributed by atoms with E-state index in [0.717, 1.165) is 11.3 Å². The zero-order valence-electron chi connectivity index (χ0n) is 10.1. The molecular weight excluding hydrogens is 224 g/mol. The van der Waals surface area contributed by atoms with Gasteiger partial charge < -0.3 is 9.84 Å². The van der Waals surface area contributed by atoms with Gasteiger partial charge in [0.05, 0.1) is 5.60 Å². The van der Waals surface area contributed by atoms with E-state index in [-0.39, 0.29) is 0 Å². The highest BCUT2D eigenvalue weighted by molar-refractivity contribution is 6.30. The van der Waals surface area contributed by atoms with Crippen LogP contribution in [0.1, 0.15) is 32.3 Å². The van der Waals surface area contributed by atoms with E-state index in [9.17, 15) is 5.11 Å². The second-order valence-corrected chi connectivity index (χ2v) is 4.57. The Bertz CT molecular complexity index is 346. The van der Waals surface area contributed by atoms with Gasteiger partial charge in [-0.3, -0.25) is 0 Å². The zero-order chi connectivity index (χ0) is 12.2. The summed E-state index contributed by atoms with van der Waals surface area (Å²) in [5.74, 6) is 0.743. The van der Waals surface area contributed by atoms with Crippen LogP contribution in [0.25, 0.3) is 0 Å². The van der Waals surface area contributed by atoms with Gasteiger partial charge in [-0.25, -0.2) is 0 Å². The highest BCUT2D eigenvalue weighted by Crippen LogP contribution is 2.24. The van der Waals surface area contributed by atoms with E-state index in [0.29, 0.717) is 24.5 Å². The van der Waals surface area contributed by atoms with Crippen LogP contribution in [0.2, 0.25) is 5.02 Å². The molecule has 0 heterocycles. The van der Waals surface area contributed by atoms with E-state index >= 15 is 0 Å². The second kappa shape index (κ2) is 5.55. The fourth-order valence-electron chi connectivity index (χ4n) is 1.40. The number of benzene rings is 1. The maximum atomic E-state index is 10.1. The Kier molecular flexibility index (Phi) is 4.63. The highest BCUT2D eigenvalue weighted by Gasteiger charge is 2.23. The van der Waals surface area contributed by atoms with Crippen LogP contribution in [0, 0.1) is 6.92 Å². The van der Waals surface area contributed by atoms with E-state index in [1.54, 1.807) is 6.07 Å². The molecule has 0 spiro atoms. The summed E-state index contributed by atoms with van der Waals surface area (Å²) in [4.78, 5) is 0. The summed E-state index contributed by atoms with van der Waals surface area (Å²) in [7, 11) is 0. The fourth-order valence-corrected chi connectivity index (χ4v) is 1.56. The third-order valence-corrected chi connectivity index (χ3v) is 3.20. The molecule has 1 N–H and O–H groups in total. The minimum atomic E-state index is -0.741. The Hall–Kier alpha value is -0.730. The van der Waals surface area contributed by atoms with Crippen LogP contribution in [0.4, 0.5) is 0 Å². The summed E-state index contributed by atoms with van der Waals surface area (Å²) in [5, 5.41) is 10.7. The lowest BCUT2D eigenvalue weighted by Gasteiger charge is -2.25. The number of aliphatic hydroxyl groups is 1. The van der Waals surface area contributed by atoms with Crippen LogP contribution >= 0.6 is 11.6 Å². The van der Waals surface area contributed by atoms with Gasteiger partial charge in [0, 0.05) is 5.02 Å². The van der Waals surface area contributed by atoms with Gasteiger partial charge in [-0.05, 0) is 37.5 Å². The van der Waals surface area contributed by atoms with E-state index in [2.05, 4.69) is 0 Å². The van der Waals surface area contributed by atoms with E-state index in [1.165, 1.54) is 0 Å². The number of halogens is 1. The third-order valence-electron chi connectivity index (χ3n) is 2.96. The number of ether oxygens (including phenoxy) is 1. The van der Waals surface area contributed by atoms with Crippen molar-refractivity contribution in [1.29, 1.82) is 0 Å². The number of hydrogen-bond donors (Lipinski definition) is 1. The maximum Gasteiger partial charge on any atom is 0.123 e. The van der Waals surface area contributed by atoms with Crippen LogP contribution in [-0.4, -0.2) is 17.3 Å². The summed E-state index contributed by atoms with van der Waals surface area (Å²) in [6, 6.07) is 5.52. The lowest BCUT2D eigenvalue weighted by molar-refractivity contribution is -0.0115. The van der Waals surface area contributed by atoms with Gasteiger partial charge in [0.1, 0.15) is 12.4 Å². The van der Waals surface area contributed by atoms with Crippen molar-refractivity contribution in [2.24, 2.45) is 0 Å². The van der Waals surface area contributed by atoms with Crippen molar-refractivity contribution in [1.82, 2.24) is 0 Å². The molecule has 0 saturated heterocycles. The predicted octanol–water partition coefficient (Wildman–Crippen LogP) is 3.58. The minimum Gasteiger partial charge on any atom is -0.490 e. The van der Waals surface area contributed by atoms with E-state index in [1.807, 2.05) is 32.9 Å².